The minimum absolute atomic E-state index is 0.171. The molecule has 1 N–H and O–H groups in total. The lowest BCUT2D eigenvalue weighted by molar-refractivity contribution is 0.419. The van der Waals surface area contributed by atoms with Gasteiger partial charge in [0.15, 0.2) is 5.82 Å². The van der Waals surface area contributed by atoms with E-state index in [2.05, 4.69) is 24.0 Å². The highest BCUT2D eigenvalue weighted by molar-refractivity contribution is 7.98. The van der Waals surface area contributed by atoms with Crippen molar-refractivity contribution >= 4 is 11.8 Å². The van der Waals surface area contributed by atoms with Crippen molar-refractivity contribution in [3.8, 4) is 17.2 Å². The topological polar surface area (TPSA) is 59.2 Å². The lowest BCUT2D eigenvalue weighted by Crippen LogP contribution is -1.92. The van der Waals surface area contributed by atoms with E-state index in [4.69, 9.17) is 4.52 Å². The molecule has 2 aromatic rings. The van der Waals surface area contributed by atoms with Gasteiger partial charge >= 0.3 is 0 Å². The first-order valence-corrected chi connectivity index (χ1v) is 7.42. The third-order valence-corrected chi connectivity index (χ3v) is 3.90. The van der Waals surface area contributed by atoms with E-state index in [9.17, 15) is 5.11 Å². The number of benzene rings is 1. The smallest absolute Gasteiger partial charge is 0.261 e. The standard InChI is InChI=1S/C14H18N2O2S/c1-9(2)7-19-8-13-15-14(18-16-13)11-5-4-10(3)6-12(11)17/h4-6,9,17H,7-8H2,1-3H3. The summed E-state index contributed by atoms with van der Waals surface area (Å²) in [7, 11) is 0. The highest BCUT2D eigenvalue weighted by Crippen LogP contribution is 2.28. The predicted molar refractivity (Wildman–Crippen MR) is 77.1 cm³/mol. The molecule has 5 heteroatoms. The van der Waals surface area contributed by atoms with Gasteiger partial charge in [0.25, 0.3) is 5.89 Å². The normalized spacial score (nSPS) is 11.2. The molecule has 1 heterocycles. The molecule has 0 aliphatic heterocycles. The number of aromatic nitrogens is 2. The molecule has 0 atom stereocenters. The maximum Gasteiger partial charge on any atom is 0.261 e. The molecule has 19 heavy (non-hydrogen) atoms. The number of thioether (sulfide) groups is 1. The van der Waals surface area contributed by atoms with Crippen molar-refractivity contribution < 1.29 is 9.63 Å². The van der Waals surface area contributed by atoms with Crippen LogP contribution in [0.4, 0.5) is 0 Å². The van der Waals surface area contributed by atoms with Gasteiger partial charge in [0.05, 0.1) is 11.3 Å². The first kappa shape index (κ1) is 13.9. The van der Waals surface area contributed by atoms with Crippen LogP contribution in [0, 0.1) is 12.8 Å². The molecule has 4 nitrogen and oxygen atoms in total. The van der Waals surface area contributed by atoms with E-state index < -0.39 is 0 Å². The number of aryl methyl sites for hydroxylation is 1. The average Bonchev–Trinajstić information content (AvgIpc) is 2.77. The van der Waals surface area contributed by atoms with Gasteiger partial charge in [-0.25, -0.2) is 0 Å². The van der Waals surface area contributed by atoms with Crippen LogP contribution in [-0.2, 0) is 5.75 Å². The maximum absolute atomic E-state index is 9.87. The number of rotatable bonds is 5. The van der Waals surface area contributed by atoms with Crippen LogP contribution in [-0.4, -0.2) is 21.0 Å². The fourth-order valence-electron chi connectivity index (χ4n) is 1.63. The summed E-state index contributed by atoms with van der Waals surface area (Å²) < 4.78 is 5.19. The molecule has 0 aliphatic rings. The van der Waals surface area contributed by atoms with E-state index in [1.807, 2.05) is 13.0 Å². The largest absolute Gasteiger partial charge is 0.507 e. The van der Waals surface area contributed by atoms with Gasteiger partial charge in [0.1, 0.15) is 5.75 Å². The minimum atomic E-state index is 0.171. The summed E-state index contributed by atoms with van der Waals surface area (Å²) in [6.07, 6.45) is 0. The number of phenols is 1. The second kappa shape index (κ2) is 6.10. The van der Waals surface area contributed by atoms with Crippen molar-refractivity contribution in [1.29, 1.82) is 0 Å². The summed E-state index contributed by atoms with van der Waals surface area (Å²) in [5.74, 6) is 3.66. The molecule has 0 amide bonds. The van der Waals surface area contributed by atoms with Crippen molar-refractivity contribution in [2.75, 3.05) is 5.75 Å². The Hall–Kier alpha value is -1.49. The fraction of sp³-hybridized carbons (Fsp3) is 0.429. The second-order valence-electron chi connectivity index (χ2n) is 4.95. The third-order valence-electron chi connectivity index (χ3n) is 2.53. The molecule has 0 bridgehead atoms. The molecule has 0 aliphatic carbocycles. The van der Waals surface area contributed by atoms with Crippen molar-refractivity contribution in [2.45, 2.75) is 26.5 Å². The zero-order valence-electron chi connectivity index (χ0n) is 11.4. The number of phenolic OH excluding ortho intramolecular Hbond substituents is 1. The average molecular weight is 278 g/mol. The Morgan fingerprint density at radius 3 is 2.84 bits per heavy atom. The third kappa shape index (κ3) is 3.73. The molecule has 0 saturated carbocycles. The first-order chi connectivity index (χ1) is 9.06. The molecule has 2 rings (SSSR count). The van der Waals surface area contributed by atoms with Crippen molar-refractivity contribution in [2.24, 2.45) is 5.92 Å². The fourth-order valence-corrected chi connectivity index (χ4v) is 2.52. The molecule has 0 fully saturated rings. The van der Waals surface area contributed by atoms with Crippen LogP contribution in [0.3, 0.4) is 0 Å². The van der Waals surface area contributed by atoms with Gasteiger partial charge in [-0.2, -0.15) is 16.7 Å². The van der Waals surface area contributed by atoms with Crippen LogP contribution in [0.15, 0.2) is 22.7 Å². The summed E-state index contributed by atoms with van der Waals surface area (Å²) in [5.41, 5.74) is 1.58. The van der Waals surface area contributed by atoms with Gasteiger partial charge in [-0.15, -0.1) is 0 Å². The van der Waals surface area contributed by atoms with E-state index in [1.165, 1.54) is 0 Å². The molecule has 0 spiro atoms. The zero-order chi connectivity index (χ0) is 13.8. The summed E-state index contributed by atoms with van der Waals surface area (Å²) in [5, 5.41) is 13.8. The van der Waals surface area contributed by atoms with Crippen molar-refractivity contribution in [3.63, 3.8) is 0 Å². The monoisotopic (exact) mass is 278 g/mol. The highest BCUT2D eigenvalue weighted by atomic mass is 32.2. The highest BCUT2D eigenvalue weighted by Gasteiger charge is 2.12. The van der Waals surface area contributed by atoms with Gasteiger partial charge in [-0.3, -0.25) is 0 Å². The van der Waals surface area contributed by atoms with Crippen molar-refractivity contribution in [1.82, 2.24) is 10.1 Å². The number of hydrogen-bond donors (Lipinski definition) is 1. The maximum atomic E-state index is 9.87. The Morgan fingerprint density at radius 1 is 1.37 bits per heavy atom. The molecule has 1 aromatic carbocycles. The van der Waals surface area contributed by atoms with Crippen LogP contribution in [0.25, 0.3) is 11.5 Å². The summed E-state index contributed by atoms with van der Waals surface area (Å²) in [4.78, 5) is 4.31. The van der Waals surface area contributed by atoms with Crippen LogP contribution in [0.5, 0.6) is 5.75 Å². The van der Waals surface area contributed by atoms with Gasteiger partial charge in [-0.05, 0) is 36.3 Å². The summed E-state index contributed by atoms with van der Waals surface area (Å²) in [6.45, 7) is 6.28. The number of hydrogen-bond acceptors (Lipinski definition) is 5. The Morgan fingerprint density at radius 2 is 2.16 bits per heavy atom. The van der Waals surface area contributed by atoms with E-state index in [1.54, 1.807) is 23.9 Å². The van der Waals surface area contributed by atoms with Crippen LogP contribution >= 0.6 is 11.8 Å². The van der Waals surface area contributed by atoms with E-state index in [0.29, 0.717) is 23.2 Å². The number of aromatic hydroxyl groups is 1. The molecule has 0 saturated heterocycles. The molecule has 102 valence electrons. The van der Waals surface area contributed by atoms with Crippen LogP contribution in [0.2, 0.25) is 0 Å². The molecular formula is C14H18N2O2S. The SMILES string of the molecule is Cc1ccc(-c2nc(CSCC(C)C)no2)c(O)c1. The second-order valence-corrected chi connectivity index (χ2v) is 5.98. The van der Waals surface area contributed by atoms with Gasteiger partial charge in [-0.1, -0.05) is 25.1 Å². The number of nitrogens with zero attached hydrogens (tertiary/aromatic N) is 2. The Labute approximate surface area is 117 Å². The van der Waals surface area contributed by atoms with Crippen LogP contribution in [0.1, 0.15) is 25.2 Å². The summed E-state index contributed by atoms with van der Waals surface area (Å²) in [6, 6.07) is 5.39. The van der Waals surface area contributed by atoms with E-state index in [0.717, 1.165) is 17.1 Å². The molecule has 0 radical (unpaired) electrons. The Bertz CT molecular complexity index is 552. The predicted octanol–water partition coefficient (Wildman–Crippen LogP) is 3.64. The molecular weight excluding hydrogens is 260 g/mol. The van der Waals surface area contributed by atoms with Gasteiger partial charge in [0, 0.05) is 0 Å². The van der Waals surface area contributed by atoms with Gasteiger partial charge < -0.3 is 9.63 Å². The first-order valence-electron chi connectivity index (χ1n) is 6.26. The minimum Gasteiger partial charge on any atom is -0.507 e. The Balaban J connectivity index is 2.08. The van der Waals surface area contributed by atoms with E-state index >= 15 is 0 Å². The lowest BCUT2D eigenvalue weighted by Gasteiger charge is -2.01. The lowest BCUT2D eigenvalue weighted by atomic mass is 10.1. The van der Waals surface area contributed by atoms with Gasteiger partial charge in [0.2, 0.25) is 0 Å². The summed E-state index contributed by atoms with van der Waals surface area (Å²) >= 11 is 1.78. The molecule has 0 unspecified atom stereocenters. The van der Waals surface area contributed by atoms with Crippen LogP contribution < -0.4 is 0 Å². The van der Waals surface area contributed by atoms with Crippen molar-refractivity contribution in [3.05, 3.63) is 29.6 Å². The van der Waals surface area contributed by atoms with E-state index in [-0.39, 0.29) is 5.75 Å². The quantitative estimate of drug-likeness (QED) is 0.904. The molecule has 1 aromatic heterocycles. The Kier molecular flexibility index (Phi) is 4.47. The zero-order valence-corrected chi connectivity index (χ0v) is 12.2.